The molecule has 5 atom stereocenters. The van der Waals surface area contributed by atoms with Crippen LogP contribution in [0.1, 0.15) is 40.5 Å². The number of carbonyl (C=O) groups is 3. The Labute approximate surface area is 172 Å². The lowest BCUT2D eigenvalue weighted by Crippen LogP contribution is -2.53. The van der Waals surface area contributed by atoms with Gasteiger partial charge in [-0.25, -0.2) is 4.79 Å². The van der Waals surface area contributed by atoms with Gasteiger partial charge in [0.2, 0.25) is 0 Å². The Balaban J connectivity index is 2.18. The number of ether oxygens (including phenoxy) is 1. The second kappa shape index (κ2) is 8.87. The lowest BCUT2D eigenvalue weighted by molar-refractivity contribution is -0.147. The van der Waals surface area contributed by atoms with Crippen LogP contribution >= 0.6 is 0 Å². The highest BCUT2D eigenvalue weighted by Gasteiger charge is 2.53. The van der Waals surface area contributed by atoms with Crippen molar-refractivity contribution in [3.05, 3.63) is 60.3 Å². The maximum atomic E-state index is 12.4. The van der Waals surface area contributed by atoms with Crippen LogP contribution < -0.4 is 0 Å². The molecule has 0 unspecified atom stereocenters. The Bertz CT molecular complexity index is 815. The van der Waals surface area contributed by atoms with Crippen molar-refractivity contribution in [2.24, 2.45) is 17.3 Å². The molecular formula is C24H30O5. The summed E-state index contributed by atoms with van der Waals surface area (Å²) in [4.78, 5) is 35.8. The largest absolute Gasteiger partial charge is 0.455 e. The van der Waals surface area contributed by atoms with E-state index in [1.165, 1.54) is 12.2 Å². The minimum atomic E-state index is -1.94. The van der Waals surface area contributed by atoms with E-state index in [2.05, 4.69) is 20.4 Å². The molecule has 0 spiro atoms. The molecule has 0 aliphatic heterocycles. The summed E-state index contributed by atoms with van der Waals surface area (Å²) in [5, 5.41) is 10.8. The van der Waals surface area contributed by atoms with Crippen molar-refractivity contribution in [3.8, 4) is 0 Å². The first-order valence-electron chi connectivity index (χ1n) is 9.95. The summed E-state index contributed by atoms with van der Waals surface area (Å²) in [6, 6.07) is 0. The third kappa shape index (κ3) is 4.56. The lowest BCUT2D eigenvalue weighted by atomic mass is 9.57. The highest BCUT2D eigenvalue weighted by molar-refractivity contribution is 6.05. The summed E-state index contributed by atoms with van der Waals surface area (Å²) in [5.41, 5.74) is -2.01. The highest BCUT2D eigenvalue weighted by atomic mass is 16.5. The topological polar surface area (TPSA) is 80.7 Å². The fraction of sp³-hybridized carbons (Fsp3) is 0.458. The number of aliphatic hydroxyl groups is 1. The molecule has 0 aromatic carbocycles. The molecule has 156 valence electrons. The summed E-state index contributed by atoms with van der Waals surface area (Å²) in [6.07, 6.45) is 12.7. The number of allylic oxidation sites excluding steroid dienone is 5. The zero-order valence-corrected chi connectivity index (χ0v) is 17.6. The van der Waals surface area contributed by atoms with Gasteiger partial charge in [0.05, 0.1) is 0 Å². The minimum absolute atomic E-state index is 0.00921. The number of carbonyl (C=O) groups excluding carboxylic acids is 3. The van der Waals surface area contributed by atoms with E-state index in [0.29, 0.717) is 12.2 Å². The first kappa shape index (κ1) is 22.8. The van der Waals surface area contributed by atoms with Crippen molar-refractivity contribution in [1.82, 2.24) is 0 Å². The summed E-state index contributed by atoms with van der Waals surface area (Å²) < 4.78 is 5.60. The highest BCUT2D eigenvalue weighted by Crippen LogP contribution is 2.51. The van der Waals surface area contributed by atoms with Gasteiger partial charge in [0.25, 0.3) is 0 Å². The molecule has 0 aromatic rings. The van der Waals surface area contributed by atoms with Gasteiger partial charge in [-0.1, -0.05) is 65.0 Å². The molecule has 29 heavy (non-hydrogen) atoms. The van der Waals surface area contributed by atoms with E-state index in [9.17, 15) is 19.5 Å². The second-order valence-electron chi connectivity index (χ2n) is 8.24. The average molecular weight is 398 g/mol. The Morgan fingerprint density at radius 3 is 2.76 bits per heavy atom. The van der Waals surface area contributed by atoms with Crippen molar-refractivity contribution < 1.29 is 24.2 Å². The average Bonchev–Trinajstić information content (AvgIpc) is 2.69. The molecule has 0 saturated carbocycles. The zero-order valence-electron chi connectivity index (χ0n) is 17.6. The van der Waals surface area contributed by atoms with Gasteiger partial charge in [-0.2, -0.15) is 0 Å². The van der Waals surface area contributed by atoms with E-state index in [1.807, 2.05) is 26.0 Å². The lowest BCUT2D eigenvalue weighted by Gasteiger charge is -2.48. The van der Waals surface area contributed by atoms with Crippen LogP contribution in [0.3, 0.4) is 0 Å². The van der Waals surface area contributed by atoms with E-state index < -0.39 is 28.9 Å². The zero-order chi connectivity index (χ0) is 21.8. The van der Waals surface area contributed by atoms with Crippen LogP contribution in [0.15, 0.2) is 60.3 Å². The number of rotatable bonds is 7. The number of hydrogen-bond donors (Lipinski definition) is 1. The normalized spacial score (nSPS) is 32.7. The molecule has 1 N–H and O–H groups in total. The molecule has 0 aromatic heterocycles. The standard InChI is InChI=1S/C24H30O5/c1-6-16(2)9-7-8-10-22(27)29-20-12-11-19-13-21(26)24(28,17(3)14-25)15-23(19,5)18(20)4/h7-14,16,18,20,28H,3,6,15H2,1-2,4-5H3/b9-7+,10-8+/t16-,18+,20+,23-,24-/m1/s1. The third-order valence-corrected chi connectivity index (χ3v) is 6.29. The molecule has 0 bridgehead atoms. The number of aldehydes is 1. The van der Waals surface area contributed by atoms with Gasteiger partial charge in [-0.3, -0.25) is 9.59 Å². The van der Waals surface area contributed by atoms with Crippen LogP contribution in [0.4, 0.5) is 0 Å². The van der Waals surface area contributed by atoms with E-state index >= 15 is 0 Å². The number of hydrogen-bond acceptors (Lipinski definition) is 5. The molecule has 0 radical (unpaired) electrons. The second-order valence-corrected chi connectivity index (χ2v) is 8.24. The number of ketones is 1. The number of esters is 1. The van der Waals surface area contributed by atoms with Crippen molar-refractivity contribution >= 4 is 18.0 Å². The molecule has 2 rings (SSSR count). The summed E-state index contributed by atoms with van der Waals surface area (Å²) in [7, 11) is 0. The van der Waals surface area contributed by atoms with Gasteiger partial charge in [0.15, 0.2) is 11.4 Å². The maximum absolute atomic E-state index is 12.4. The van der Waals surface area contributed by atoms with Gasteiger partial charge in [0, 0.05) is 23.0 Å². The molecule has 2 aliphatic rings. The Kier molecular flexibility index (Phi) is 6.96. The molecule has 0 saturated heterocycles. The van der Waals surface area contributed by atoms with Crippen molar-refractivity contribution in [1.29, 1.82) is 0 Å². The molecule has 0 amide bonds. The maximum Gasteiger partial charge on any atom is 0.331 e. The Morgan fingerprint density at radius 1 is 1.45 bits per heavy atom. The van der Waals surface area contributed by atoms with Crippen LogP contribution in [-0.2, 0) is 19.1 Å². The van der Waals surface area contributed by atoms with Crippen molar-refractivity contribution in [2.75, 3.05) is 0 Å². The van der Waals surface area contributed by atoms with E-state index in [4.69, 9.17) is 4.74 Å². The van der Waals surface area contributed by atoms with Gasteiger partial charge in [-0.05, 0) is 30.1 Å². The van der Waals surface area contributed by atoms with Gasteiger partial charge in [0.1, 0.15) is 12.4 Å². The molecular weight excluding hydrogens is 368 g/mol. The molecule has 2 aliphatic carbocycles. The van der Waals surface area contributed by atoms with Crippen molar-refractivity contribution in [2.45, 2.75) is 52.2 Å². The quantitative estimate of drug-likeness (QED) is 0.306. The van der Waals surface area contributed by atoms with Crippen LogP contribution in [0.25, 0.3) is 0 Å². The molecule has 0 fully saturated rings. The number of fused-ring (bicyclic) bond motifs is 1. The molecule has 5 nitrogen and oxygen atoms in total. The van der Waals surface area contributed by atoms with E-state index in [1.54, 1.807) is 18.2 Å². The van der Waals surface area contributed by atoms with Crippen molar-refractivity contribution in [3.63, 3.8) is 0 Å². The molecule has 0 heterocycles. The predicted octanol–water partition coefficient (Wildman–Crippen LogP) is 3.65. The first-order chi connectivity index (χ1) is 13.6. The summed E-state index contributed by atoms with van der Waals surface area (Å²) in [5.74, 6) is -0.789. The smallest absolute Gasteiger partial charge is 0.331 e. The van der Waals surface area contributed by atoms with Crippen LogP contribution in [0, 0.1) is 17.3 Å². The van der Waals surface area contributed by atoms with Crippen LogP contribution in [0.2, 0.25) is 0 Å². The Hall–Kier alpha value is -2.53. The minimum Gasteiger partial charge on any atom is -0.455 e. The Morgan fingerprint density at radius 2 is 2.14 bits per heavy atom. The fourth-order valence-electron chi connectivity index (χ4n) is 3.74. The van der Waals surface area contributed by atoms with Gasteiger partial charge in [-0.15, -0.1) is 0 Å². The van der Waals surface area contributed by atoms with Gasteiger partial charge >= 0.3 is 5.97 Å². The monoisotopic (exact) mass is 398 g/mol. The predicted molar refractivity (Wildman–Crippen MR) is 112 cm³/mol. The summed E-state index contributed by atoms with van der Waals surface area (Å²) in [6.45, 7) is 11.5. The molecule has 5 heteroatoms. The van der Waals surface area contributed by atoms with E-state index in [-0.39, 0.29) is 17.9 Å². The summed E-state index contributed by atoms with van der Waals surface area (Å²) >= 11 is 0. The first-order valence-corrected chi connectivity index (χ1v) is 9.95. The van der Waals surface area contributed by atoms with Crippen LogP contribution in [-0.4, -0.2) is 34.9 Å². The van der Waals surface area contributed by atoms with Gasteiger partial charge < -0.3 is 9.84 Å². The SMILES string of the molecule is C=C(C=O)[C@]1(O)C[C@@]2(C)C(=CC1=O)C=C[C@H](OC(=O)/C=C/C=C/[C@H](C)CC)[C@@H]2C. The fourth-order valence-corrected chi connectivity index (χ4v) is 3.74. The third-order valence-electron chi connectivity index (χ3n) is 6.29. The van der Waals surface area contributed by atoms with E-state index in [0.717, 1.165) is 12.0 Å². The van der Waals surface area contributed by atoms with Crippen LogP contribution in [0.5, 0.6) is 0 Å².